The van der Waals surface area contributed by atoms with Crippen LogP contribution in [0.2, 0.25) is 0 Å². The molecule has 0 aliphatic heterocycles. The molecule has 0 radical (unpaired) electrons. The van der Waals surface area contributed by atoms with E-state index in [1.807, 2.05) is 6.92 Å². The Kier molecular flexibility index (Phi) is 5.67. The van der Waals surface area contributed by atoms with Crippen LogP contribution in [-0.4, -0.2) is 34.6 Å². The van der Waals surface area contributed by atoms with E-state index in [0.717, 1.165) is 0 Å². The predicted molar refractivity (Wildman–Crippen MR) is 75.9 cm³/mol. The highest BCUT2D eigenvalue weighted by Crippen LogP contribution is 2.15. The summed E-state index contributed by atoms with van der Waals surface area (Å²) < 4.78 is 27.8. The molecule has 6 nitrogen and oxygen atoms in total. The molecular weight excluding hydrogens is 280 g/mol. The van der Waals surface area contributed by atoms with Crippen molar-refractivity contribution in [1.82, 2.24) is 5.32 Å². The van der Waals surface area contributed by atoms with Crippen molar-refractivity contribution >= 4 is 15.9 Å². The minimum absolute atomic E-state index is 0.0323. The second-order valence-electron chi connectivity index (χ2n) is 4.80. The number of carbonyl (C=O) groups excluding carboxylic acids is 1. The number of amides is 1. The Morgan fingerprint density at radius 3 is 2.65 bits per heavy atom. The fourth-order valence-electron chi connectivity index (χ4n) is 1.76. The van der Waals surface area contributed by atoms with Gasteiger partial charge in [0.15, 0.2) is 0 Å². The number of primary sulfonamides is 1. The Balaban J connectivity index is 2.85. The first-order valence-electron chi connectivity index (χ1n) is 6.16. The number of methoxy groups -OCH3 is 1. The third-order valence-electron chi connectivity index (χ3n) is 2.82. The van der Waals surface area contributed by atoms with Gasteiger partial charge in [-0.25, -0.2) is 13.6 Å². The summed E-state index contributed by atoms with van der Waals surface area (Å²) in [6, 6.07) is 4.43. The summed E-state index contributed by atoms with van der Waals surface area (Å²) in [5.74, 6) is -0.162. The van der Waals surface area contributed by atoms with Crippen LogP contribution in [0.15, 0.2) is 23.1 Å². The second kappa shape index (κ2) is 6.83. The lowest BCUT2D eigenvalue weighted by Crippen LogP contribution is -2.30. The summed E-state index contributed by atoms with van der Waals surface area (Å²) in [5.41, 5.74) is 0.779. The van der Waals surface area contributed by atoms with E-state index in [2.05, 4.69) is 5.32 Å². The zero-order valence-corrected chi connectivity index (χ0v) is 12.7. The average Bonchev–Trinajstić information content (AvgIpc) is 2.35. The van der Waals surface area contributed by atoms with Crippen molar-refractivity contribution in [2.45, 2.75) is 18.7 Å². The van der Waals surface area contributed by atoms with Gasteiger partial charge >= 0.3 is 0 Å². The number of hydrogen-bond acceptors (Lipinski definition) is 4. The van der Waals surface area contributed by atoms with E-state index in [-0.39, 0.29) is 22.3 Å². The van der Waals surface area contributed by atoms with Gasteiger partial charge < -0.3 is 10.1 Å². The number of benzene rings is 1. The molecule has 0 aliphatic carbocycles. The molecule has 1 unspecified atom stereocenters. The molecule has 1 rings (SSSR count). The van der Waals surface area contributed by atoms with Gasteiger partial charge in [-0.15, -0.1) is 0 Å². The molecule has 3 N–H and O–H groups in total. The molecule has 0 saturated heterocycles. The Bertz CT molecular complexity index is 584. The number of hydrogen-bond donors (Lipinski definition) is 2. The van der Waals surface area contributed by atoms with E-state index in [1.54, 1.807) is 26.2 Å². The third-order valence-corrected chi connectivity index (χ3v) is 3.87. The van der Waals surface area contributed by atoms with Crippen molar-refractivity contribution in [1.29, 1.82) is 0 Å². The Hall–Kier alpha value is -1.44. The van der Waals surface area contributed by atoms with Gasteiger partial charge in [0.25, 0.3) is 5.91 Å². The maximum Gasteiger partial charge on any atom is 0.251 e. The maximum absolute atomic E-state index is 12.0. The van der Waals surface area contributed by atoms with Crippen LogP contribution in [0.4, 0.5) is 0 Å². The van der Waals surface area contributed by atoms with Crippen molar-refractivity contribution < 1.29 is 17.9 Å². The van der Waals surface area contributed by atoms with E-state index in [9.17, 15) is 13.2 Å². The minimum Gasteiger partial charge on any atom is -0.384 e. The molecule has 20 heavy (non-hydrogen) atoms. The van der Waals surface area contributed by atoms with Gasteiger partial charge in [0, 0.05) is 19.2 Å². The summed E-state index contributed by atoms with van der Waals surface area (Å²) in [5, 5.41) is 7.84. The quantitative estimate of drug-likeness (QED) is 0.806. The lowest BCUT2D eigenvalue weighted by molar-refractivity contribution is 0.0934. The van der Waals surface area contributed by atoms with Gasteiger partial charge in [0.05, 0.1) is 11.5 Å². The van der Waals surface area contributed by atoms with Gasteiger partial charge in [0.2, 0.25) is 10.0 Å². The van der Waals surface area contributed by atoms with Crippen molar-refractivity contribution in [2.75, 3.05) is 20.3 Å². The van der Waals surface area contributed by atoms with Crippen LogP contribution in [0.5, 0.6) is 0 Å². The summed E-state index contributed by atoms with van der Waals surface area (Å²) in [7, 11) is -2.24. The number of nitrogens with two attached hydrogens (primary N) is 1. The summed E-state index contributed by atoms with van der Waals surface area (Å²) in [4.78, 5) is 11.9. The molecule has 0 aliphatic rings. The molecule has 0 spiro atoms. The molecule has 7 heteroatoms. The van der Waals surface area contributed by atoms with Gasteiger partial charge in [-0.2, -0.15) is 0 Å². The van der Waals surface area contributed by atoms with E-state index in [0.29, 0.717) is 18.7 Å². The zero-order valence-electron chi connectivity index (χ0n) is 11.8. The summed E-state index contributed by atoms with van der Waals surface area (Å²) >= 11 is 0. The lowest BCUT2D eigenvalue weighted by atomic mass is 10.1. The fourth-order valence-corrected chi connectivity index (χ4v) is 2.57. The standard InChI is InChI=1S/C13H20N2O4S/c1-9(8-19-3)7-15-13(16)11-5-4-10(2)12(6-11)20(14,17)18/h4-6,9H,7-8H2,1-3H3,(H,15,16)(H2,14,17,18). The number of aryl methyl sites for hydroxylation is 1. The summed E-state index contributed by atoms with van der Waals surface area (Å²) in [6.45, 7) is 4.55. The van der Waals surface area contributed by atoms with Crippen LogP contribution in [0.3, 0.4) is 0 Å². The van der Waals surface area contributed by atoms with Crippen LogP contribution < -0.4 is 10.5 Å². The monoisotopic (exact) mass is 300 g/mol. The highest BCUT2D eigenvalue weighted by atomic mass is 32.2. The third kappa shape index (κ3) is 4.59. The normalized spacial score (nSPS) is 13.0. The smallest absolute Gasteiger partial charge is 0.251 e. The molecule has 0 aromatic heterocycles. The lowest BCUT2D eigenvalue weighted by Gasteiger charge is -2.12. The first kappa shape index (κ1) is 16.6. The molecule has 1 atom stereocenters. The van der Waals surface area contributed by atoms with Crippen LogP contribution in [0.1, 0.15) is 22.8 Å². The van der Waals surface area contributed by atoms with Crippen LogP contribution in [-0.2, 0) is 14.8 Å². The number of rotatable bonds is 6. The van der Waals surface area contributed by atoms with Gasteiger partial charge in [-0.1, -0.05) is 13.0 Å². The number of nitrogens with one attached hydrogen (secondary N) is 1. The van der Waals surface area contributed by atoms with Crippen molar-refractivity contribution in [3.63, 3.8) is 0 Å². The topological polar surface area (TPSA) is 98.5 Å². The molecule has 1 aromatic rings. The molecule has 1 aromatic carbocycles. The Morgan fingerprint density at radius 2 is 2.10 bits per heavy atom. The van der Waals surface area contributed by atoms with Gasteiger partial charge in [-0.05, 0) is 30.5 Å². The fraction of sp³-hybridized carbons (Fsp3) is 0.462. The molecular formula is C13H20N2O4S. The SMILES string of the molecule is COCC(C)CNC(=O)c1ccc(C)c(S(N)(=O)=O)c1. The van der Waals surface area contributed by atoms with Crippen molar-refractivity contribution in [3.8, 4) is 0 Å². The molecule has 0 bridgehead atoms. The number of sulfonamides is 1. The van der Waals surface area contributed by atoms with E-state index < -0.39 is 10.0 Å². The average molecular weight is 300 g/mol. The first-order chi connectivity index (χ1) is 9.25. The van der Waals surface area contributed by atoms with Crippen LogP contribution in [0.25, 0.3) is 0 Å². The maximum atomic E-state index is 12.0. The molecule has 1 amide bonds. The predicted octanol–water partition coefficient (Wildman–Crippen LogP) is 0.655. The van der Waals surface area contributed by atoms with E-state index in [1.165, 1.54) is 6.07 Å². The van der Waals surface area contributed by atoms with Crippen LogP contribution >= 0.6 is 0 Å². The molecule has 0 heterocycles. The Labute approximate surface area is 119 Å². The van der Waals surface area contributed by atoms with E-state index in [4.69, 9.17) is 9.88 Å². The molecule has 0 fully saturated rings. The van der Waals surface area contributed by atoms with Crippen molar-refractivity contribution in [2.24, 2.45) is 11.1 Å². The highest BCUT2D eigenvalue weighted by molar-refractivity contribution is 7.89. The molecule has 0 saturated carbocycles. The minimum atomic E-state index is -3.83. The molecule has 112 valence electrons. The largest absolute Gasteiger partial charge is 0.384 e. The first-order valence-corrected chi connectivity index (χ1v) is 7.71. The van der Waals surface area contributed by atoms with E-state index >= 15 is 0 Å². The number of ether oxygens (including phenoxy) is 1. The van der Waals surface area contributed by atoms with Gasteiger partial charge in [-0.3, -0.25) is 4.79 Å². The van der Waals surface area contributed by atoms with Crippen molar-refractivity contribution in [3.05, 3.63) is 29.3 Å². The Morgan fingerprint density at radius 1 is 1.45 bits per heavy atom. The second-order valence-corrected chi connectivity index (χ2v) is 6.33. The number of carbonyl (C=O) groups is 1. The van der Waals surface area contributed by atoms with Crippen LogP contribution in [0, 0.1) is 12.8 Å². The summed E-state index contributed by atoms with van der Waals surface area (Å²) in [6.07, 6.45) is 0. The zero-order chi connectivity index (χ0) is 15.3. The van der Waals surface area contributed by atoms with Gasteiger partial charge in [0.1, 0.15) is 0 Å². The highest BCUT2D eigenvalue weighted by Gasteiger charge is 2.15.